The third-order valence-electron chi connectivity index (χ3n) is 3.85. The van der Waals surface area contributed by atoms with Gasteiger partial charge in [0.2, 0.25) is 0 Å². The van der Waals surface area contributed by atoms with Crippen LogP contribution in [0.2, 0.25) is 5.02 Å². The van der Waals surface area contributed by atoms with Crippen LogP contribution in [0.5, 0.6) is 0 Å². The second kappa shape index (κ2) is 6.00. The zero-order chi connectivity index (χ0) is 16.6. The van der Waals surface area contributed by atoms with E-state index in [1.807, 2.05) is 11.9 Å². The van der Waals surface area contributed by atoms with Gasteiger partial charge < -0.3 is 4.90 Å². The fraction of sp³-hybridized carbons (Fsp3) is 0.333. The lowest BCUT2D eigenvalue weighted by molar-refractivity contribution is -0.384. The Balaban J connectivity index is 1.92. The molecule has 1 fully saturated rings. The molecule has 0 amide bonds. The molecule has 0 spiro atoms. The van der Waals surface area contributed by atoms with E-state index in [4.69, 9.17) is 11.6 Å². The van der Waals surface area contributed by atoms with Gasteiger partial charge >= 0.3 is 0 Å². The van der Waals surface area contributed by atoms with Crippen molar-refractivity contribution in [2.24, 2.45) is 5.92 Å². The van der Waals surface area contributed by atoms with Gasteiger partial charge in [-0.1, -0.05) is 11.6 Å². The number of nitrogens with zero attached hydrogens (tertiary/aromatic N) is 4. The second-order valence-electron chi connectivity index (χ2n) is 5.66. The highest BCUT2D eigenvalue weighted by Gasteiger charge is 2.24. The summed E-state index contributed by atoms with van der Waals surface area (Å²) in [5.74, 6) is 0.660. The Morgan fingerprint density at radius 2 is 2.04 bits per heavy atom. The zero-order valence-corrected chi connectivity index (χ0v) is 13.2. The number of aromatic nitrogens is 2. The van der Waals surface area contributed by atoms with Crippen LogP contribution in [0.25, 0.3) is 5.69 Å². The van der Waals surface area contributed by atoms with E-state index < -0.39 is 10.5 Å². The van der Waals surface area contributed by atoms with Crippen molar-refractivity contribution in [2.45, 2.75) is 12.8 Å². The summed E-state index contributed by atoms with van der Waals surface area (Å²) in [6, 6.07) is 5.59. The lowest BCUT2D eigenvalue weighted by Crippen LogP contribution is -2.27. The van der Waals surface area contributed by atoms with Crippen molar-refractivity contribution in [2.75, 3.05) is 18.5 Å². The highest BCUT2D eigenvalue weighted by Crippen LogP contribution is 2.32. The Morgan fingerprint density at radius 1 is 1.39 bits per heavy atom. The highest BCUT2D eigenvalue weighted by molar-refractivity contribution is 6.33. The minimum absolute atomic E-state index is 0.0475. The first kappa shape index (κ1) is 15.5. The molecule has 23 heavy (non-hydrogen) atoms. The molecule has 8 heteroatoms. The van der Waals surface area contributed by atoms with Crippen molar-refractivity contribution in [3.8, 4) is 5.69 Å². The lowest BCUT2D eigenvalue weighted by Gasteiger charge is -2.20. The molecule has 3 rings (SSSR count). The molecule has 1 aliphatic rings. The van der Waals surface area contributed by atoms with Crippen molar-refractivity contribution in [3.63, 3.8) is 0 Å². The van der Waals surface area contributed by atoms with Gasteiger partial charge in [-0.15, -0.1) is 0 Å². The van der Waals surface area contributed by atoms with Crippen LogP contribution in [0.3, 0.4) is 0 Å². The van der Waals surface area contributed by atoms with E-state index in [1.165, 1.54) is 37.1 Å². The average molecular weight is 335 g/mol. The van der Waals surface area contributed by atoms with Crippen LogP contribution in [0, 0.1) is 16.0 Å². The second-order valence-corrected chi connectivity index (χ2v) is 6.04. The van der Waals surface area contributed by atoms with Gasteiger partial charge in [-0.3, -0.25) is 14.9 Å². The molecule has 0 aliphatic heterocycles. The van der Waals surface area contributed by atoms with Crippen LogP contribution in [0.15, 0.2) is 35.3 Å². The first-order chi connectivity index (χ1) is 11.0. The van der Waals surface area contributed by atoms with Gasteiger partial charge in [0, 0.05) is 25.7 Å². The van der Waals surface area contributed by atoms with Crippen LogP contribution in [0.1, 0.15) is 12.8 Å². The molecule has 1 heterocycles. The standard InChI is InChI=1S/C15H15ClN4O3/c1-18(9-10-2-3-10)13-8-17-19(15(21)14(13)16)11-4-6-12(7-5-11)20(22)23/h4-8,10H,2-3,9H2,1H3. The highest BCUT2D eigenvalue weighted by atomic mass is 35.5. The molecule has 2 aromatic rings. The van der Waals surface area contributed by atoms with Gasteiger partial charge in [-0.25, -0.2) is 0 Å². The molecular formula is C15H15ClN4O3. The fourth-order valence-electron chi connectivity index (χ4n) is 2.38. The summed E-state index contributed by atoms with van der Waals surface area (Å²) in [7, 11) is 1.89. The number of non-ortho nitro benzene ring substituents is 1. The molecule has 1 saturated carbocycles. The number of rotatable bonds is 5. The maximum atomic E-state index is 12.4. The van der Waals surface area contributed by atoms with Crippen molar-refractivity contribution < 1.29 is 4.92 Å². The molecule has 120 valence electrons. The van der Waals surface area contributed by atoms with Crippen LogP contribution in [-0.2, 0) is 0 Å². The van der Waals surface area contributed by atoms with Crippen molar-refractivity contribution in [1.29, 1.82) is 0 Å². The van der Waals surface area contributed by atoms with E-state index >= 15 is 0 Å². The predicted octanol–water partition coefficient (Wildman–Crippen LogP) is 2.64. The van der Waals surface area contributed by atoms with Gasteiger partial charge in [0.05, 0.1) is 22.5 Å². The SMILES string of the molecule is CN(CC1CC1)c1cnn(-c2ccc([N+](=O)[O-])cc2)c(=O)c1Cl. The molecule has 0 N–H and O–H groups in total. The molecular weight excluding hydrogens is 320 g/mol. The van der Waals surface area contributed by atoms with Crippen molar-refractivity contribution in [1.82, 2.24) is 9.78 Å². The van der Waals surface area contributed by atoms with Crippen LogP contribution in [0.4, 0.5) is 11.4 Å². The Hall–Kier alpha value is -2.41. The van der Waals surface area contributed by atoms with Gasteiger partial charge in [0.15, 0.2) is 0 Å². The zero-order valence-electron chi connectivity index (χ0n) is 12.5. The number of benzene rings is 1. The average Bonchev–Trinajstić information content (AvgIpc) is 3.34. The fourth-order valence-corrected chi connectivity index (χ4v) is 2.65. The monoisotopic (exact) mass is 334 g/mol. The summed E-state index contributed by atoms with van der Waals surface area (Å²) in [6.45, 7) is 0.850. The summed E-state index contributed by atoms with van der Waals surface area (Å²) in [5.41, 5.74) is 0.537. The topological polar surface area (TPSA) is 81.3 Å². The van der Waals surface area contributed by atoms with E-state index in [0.717, 1.165) is 11.2 Å². The minimum Gasteiger partial charge on any atom is -0.372 e. The number of nitro benzene ring substituents is 1. The smallest absolute Gasteiger partial charge is 0.292 e. The quantitative estimate of drug-likeness (QED) is 0.620. The first-order valence-corrected chi connectivity index (χ1v) is 7.59. The van der Waals surface area contributed by atoms with Gasteiger partial charge in [0.1, 0.15) is 5.02 Å². The number of anilines is 1. The summed E-state index contributed by atoms with van der Waals surface area (Å²) < 4.78 is 1.14. The lowest BCUT2D eigenvalue weighted by atomic mass is 10.3. The largest absolute Gasteiger partial charge is 0.372 e. The normalized spacial score (nSPS) is 13.8. The van der Waals surface area contributed by atoms with Gasteiger partial charge in [-0.2, -0.15) is 9.78 Å². The van der Waals surface area contributed by atoms with E-state index in [-0.39, 0.29) is 10.7 Å². The van der Waals surface area contributed by atoms with E-state index in [1.54, 1.807) is 6.20 Å². The molecule has 0 bridgehead atoms. The third-order valence-corrected chi connectivity index (χ3v) is 4.20. The Morgan fingerprint density at radius 3 is 2.61 bits per heavy atom. The molecule has 1 aromatic carbocycles. The summed E-state index contributed by atoms with van der Waals surface area (Å²) in [4.78, 5) is 24.5. The summed E-state index contributed by atoms with van der Waals surface area (Å²) in [6.07, 6.45) is 3.96. The number of hydrogen-bond donors (Lipinski definition) is 0. The molecule has 1 aliphatic carbocycles. The maximum absolute atomic E-state index is 12.4. The van der Waals surface area contributed by atoms with Gasteiger partial charge in [0.25, 0.3) is 11.2 Å². The molecule has 0 atom stereocenters. The third kappa shape index (κ3) is 3.19. The van der Waals surface area contributed by atoms with E-state index in [0.29, 0.717) is 17.3 Å². The Kier molecular flexibility index (Phi) is 4.04. The molecule has 0 radical (unpaired) electrons. The summed E-state index contributed by atoms with van der Waals surface area (Å²) in [5, 5.41) is 14.9. The number of halogens is 1. The van der Waals surface area contributed by atoms with Crippen molar-refractivity contribution >= 4 is 23.0 Å². The van der Waals surface area contributed by atoms with Crippen LogP contribution < -0.4 is 10.5 Å². The number of hydrogen-bond acceptors (Lipinski definition) is 5. The Bertz CT molecular complexity index is 799. The summed E-state index contributed by atoms with van der Waals surface area (Å²) >= 11 is 6.21. The van der Waals surface area contributed by atoms with Crippen LogP contribution in [-0.4, -0.2) is 28.3 Å². The van der Waals surface area contributed by atoms with Crippen molar-refractivity contribution in [3.05, 3.63) is 56.0 Å². The van der Waals surface area contributed by atoms with E-state index in [2.05, 4.69) is 5.10 Å². The minimum atomic E-state index is -0.497. The van der Waals surface area contributed by atoms with E-state index in [9.17, 15) is 14.9 Å². The molecule has 7 nitrogen and oxygen atoms in total. The van der Waals surface area contributed by atoms with Gasteiger partial charge in [-0.05, 0) is 30.9 Å². The number of nitro groups is 1. The van der Waals surface area contributed by atoms with Crippen LogP contribution >= 0.6 is 11.6 Å². The predicted molar refractivity (Wildman–Crippen MR) is 87.5 cm³/mol. The molecule has 0 unspecified atom stereocenters. The molecule has 1 aromatic heterocycles. The first-order valence-electron chi connectivity index (χ1n) is 7.21. The Labute approximate surface area is 137 Å². The maximum Gasteiger partial charge on any atom is 0.292 e. The molecule has 0 saturated heterocycles.